The standard InChI is InChI=1S/2C17H22N.C16H20N.2C14H16N/c1-12(2)16-11-18(5)17(10-14(16)4)15-9-7-6-8-13(15)3;1-13(2)11-15-8-9-16(14(3)12-15)17-7-5-6-10-18(17)4;1-12(2)14-8-9-15(13(3)11-14)16-7-5-6-10-17(16)4;2*1-11-7-8-12(2)13(10-11)14-6-4-5-9-15(14)3/h6-12H,1-5H3;5-10,12-13H,11H2,1-4H3;5-12H,1-4H3;2*4-10H,1-3H3/q5*+1/i1D3,12D;1D3,13D;1D3,12D;;. The van der Waals surface area contributed by atoms with Crippen LogP contribution in [0, 0.1) is 61.3 Å². The van der Waals surface area contributed by atoms with Crippen LogP contribution in [-0.2, 0) is 41.7 Å². The molecule has 0 aliphatic rings. The van der Waals surface area contributed by atoms with Crippen molar-refractivity contribution >= 4 is 0 Å². The average molecular weight is 1120 g/mol. The number of hydrogen-bond donors (Lipinski definition) is 0. The highest BCUT2D eigenvalue weighted by Gasteiger charge is 2.18. The SMILES string of the molecule is Cc1ccc(C)c(-c2cccc[n+]2C)c1.Cc1ccc(C)c(-c2cccc[n+]2C)c1.[2H]C([2H])([2H])C([2H])(C)Cc1ccc(-c2cccc[n+]2C)c(C)c1.[2H]C([2H])([2H])C([2H])(C)c1c[n+](C)c(-c2ccccc2C)cc1C.[2H]C([2H])([2H])C([2H])(C)c1ccc(-c2cccc[n+]2C)c(C)c1. The molecule has 0 radical (unpaired) electrons. The van der Waals surface area contributed by atoms with Crippen LogP contribution in [0.5, 0.6) is 0 Å². The van der Waals surface area contributed by atoms with Crippen LogP contribution in [0.2, 0.25) is 0 Å². The normalized spacial score (nSPS) is 15.4. The predicted molar refractivity (Wildman–Crippen MR) is 350 cm³/mol. The van der Waals surface area contributed by atoms with Gasteiger partial charge in [0, 0.05) is 104 Å². The van der Waals surface area contributed by atoms with Gasteiger partial charge >= 0.3 is 0 Å². The third kappa shape index (κ3) is 17.7. The second-order valence-electron chi connectivity index (χ2n) is 22.0. The number of hydrogen-bond acceptors (Lipinski definition) is 0. The van der Waals surface area contributed by atoms with Crippen molar-refractivity contribution in [3.05, 3.63) is 268 Å². The molecule has 5 heteroatoms. The molecule has 0 N–H and O–H groups in total. The monoisotopic (exact) mass is 1110 g/mol. The Hall–Kier alpha value is -8.15. The summed E-state index contributed by atoms with van der Waals surface area (Å²) in [5.74, 6) is -4.70. The Morgan fingerprint density at radius 2 is 0.771 bits per heavy atom. The molecule has 5 aromatic heterocycles. The zero-order valence-corrected chi connectivity index (χ0v) is 52.1. The van der Waals surface area contributed by atoms with Crippen LogP contribution in [0.1, 0.15) is 131 Å². The number of aromatic nitrogens is 5. The van der Waals surface area contributed by atoms with E-state index < -0.39 is 38.2 Å². The van der Waals surface area contributed by atoms with E-state index in [9.17, 15) is 0 Å². The van der Waals surface area contributed by atoms with E-state index in [1.807, 2.05) is 148 Å². The van der Waals surface area contributed by atoms with E-state index in [4.69, 9.17) is 16.4 Å². The molecule has 83 heavy (non-hydrogen) atoms. The summed E-state index contributed by atoms with van der Waals surface area (Å²) in [4.78, 5) is 0. The average Bonchev–Trinajstić information content (AvgIpc) is 0.781. The number of rotatable bonds is 9. The maximum atomic E-state index is 8.30. The lowest BCUT2D eigenvalue weighted by atomic mass is 9.96. The first-order valence-electron chi connectivity index (χ1n) is 34.4. The van der Waals surface area contributed by atoms with Crippen molar-refractivity contribution in [1.82, 2.24) is 0 Å². The molecule has 0 saturated heterocycles. The molecule has 428 valence electrons. The Labute approximate surface area is 517 Å². The number of aryl methyl sites for hydroxylation is 13. The van der Waals surface area contributed by atoms with Crippen molar-refractivity contribution in [1.29, 1.82) is 0 Å². The lowest BCUT2D eigenvalue weighted by Gasteiger charge is -2.11. The molecule has 5 heterocycles. The summed E-state index contributed by atoms with van der Waals surface area (Å²) >= 11 is 0. The molecule has 10 aromatic rings. The number of nitrogens with zero attached hydrogens (tertiary/aromatic N) is 5. The van der Waals surface area contributed by atoms with Crippen LogP contribution in [0.4, 0.5) is 0 Å². The minimum absolute atomic E-state index is 0.214. The van der Waals surface area contributed by atoms with E-state index >= 15 is 0 Å². The fraction of sp³-hybridized carbons (Fsp3) is 0.295. The largest absolute Gasteiger partial charge is 0.212 e. The molecule has 0 aliphatic heterocycles. The molecule has 0 spiro atoms. The van der Waals surface area contributed by atoms with Crippen molar-refractivity contribution in [2.45, 2.75) is 115 Å². The molecule has 0 amide bonds. The minimum Gasteiger partial charge on any atom is -0.201 e. The Morgan fingerprint density at radius 1 is 0.349 bits per heavy atom. The first-order valence-corrected chi connectivity index (χ1v) is 28.4. The maximum absolute atomic E-state index is 8.30. The minimum atomic E-state index is -2.37. The highest BCUT2D eigenvalue weighted by atomic mass is 14.9. The van der Waals surface area contributed by atoms with E-state index in [0.29, 0.717) is 11.1 Å². The van der Waals surface area contributed by atoms with Crippen LogP contribution >= 0.6 is 0 Å². The van der Waals surface area contributed by atoms with Gasteiger partial charge in [-0.15, -0.1) is 0 Å². The zero-order chi connectivity index (χ0) is 70.8. The van der Waals surface area contributed by atoms with Crippen LogP contribution in [0.25, 0.3) is 56.3 Å². The molecular formula is C78H96N5+5. The highest BCUT2D eigenvalue weighted by molar-refractivity contribution is 5.65. The molecule has 3 unspecified atom stereocenters. The summed E-state index contributed by atoms with van der Waals surface area (Å²) in [5.41, 5.74) is 22.8. The summed E-state index contributed by atoms with van der Waals surface area (Å²) in [6, 6.07) is 59.1. The molecule has 0 bridgehead atoms. The van der Waals surface area contributed by atoms with Gasteiger partial charge in [0.15, 0.2) is 31.0 Å². The molecule has 0 aliphatic carbocycles. The van der Waals surface area contributed by atoms with Crippen LogP contribution in [0.3, 0.4) is 0 Å². The van der Waals surface area contributed by atoms with Gasteiger partial charge in [0.05, 0.1) is 0 Å². The quantitative estimate of drug-likeness (QED) is 0.128. The van der Waals surface area contributed by atoms with Crippen molar-refractivity contribution in [2.75, 3.05) is 0 Å². The van der Waals surface area contributed by atoms with E-state index in [1.54, 1.807) is 12.3 Å². The first-order chi connectivity index (χ1) is 44.2. The summed E-state index contributed by atoms with van der Waals surface area (Å²) < 4.78 is 103. The smallest absolute Gasteiger partial charge is 0.201 e. The molecule has 5 aromatic carbocycles. The Bertz CT molecular complexity index is 4180. The Morgan fingerprint density at radius 3 is 1.20 bits per heavy atom. The summed E-state index contributed by atoms with van der Waals surface area (Å²) in [6.45, 7) is 13.8. The van der Waals surface area contributed by atoms with Gasteiger partial charge in [-0.3, -0.25) is 0 Å². The van der Waals surface area contributed by atoms with E-state index in [0.717, 1.165) is 61.6 Å². The van der Waals surface area contributed by atoms with Crippen molar-refractivity contribution in [3.63, 3.8) is 0 Å². The van der Waals surface area contributed by atoms with Crippen molar-refractivity contribution in [3.8, 4) is 56.3 Å². The third-order valence-electron chi connectivity index (χ3n) is 14.8. The van der Waals surface area contributed by atoms with Gasteiger partial charge in [0.2, 0.25) is 28.5 Å². The molecule has 0 saturated carbocycles. The molecule has 3 atom stereocenters. The van der Waals surface area contributed by atoms with E-state index in [2.05, 4.69) is 160 Å². The summed E-state index contributed by atoms with van der Waals surface area (Å²) in [6.07, 6.45) is 10.1. The summed E-state index contributed by atoms with van der Waals surface area (Å²) in [7, 11) is 10.0. The van der Waals surface area contributed by atoms with Crippen LogP contribution in [-0.4, -0.2) is 0 Å². The van der Waals surface area contributed by atoms with Gasteiger partial charge in [0.25, 0.3) is 0 Å². The molecular weight excluding hydrogens is 1010 g/mol. The fourth-order valence-electron chi connectivity index (χ4n) is 10.1. The van der Waals surface area contributed by atoms with E-state index in [-0.39, 0.29) is 6.42 Å². The molecule has 5 nitrogen and oxygen atoms in total. The van der Waals surface area contributed by atoms with Crippen LogP contribution in [0.15, 0.2) is 207 Å². The van der Waals surface area contributed by atoms with Gasteiger partial charge in [0.1, 0.15) is 35.2 Å². The van der Waals surface area contributed by atoms with Crippen molar-refractivity contribution in [2.24, 2.45) is 41.1 Å². The van der Waals surface area contributed by atoms with Gasteiger partial charge in [-0.2, -0.15) is 0 Å². The lowest BCUT2D eigenvalue weighted by Crippen LogP contribution is -2.32. The lowest BCUT2D eigenvalue weighted by molar-refractivity contribution is -0.661. The second-order valence-corrected chi connectivity index (χ2v) is 22.0. The predicted octanol–water partition coefficient (Wildman–Crippen LogP) is 16.8. The molecule has 0 fully saturated rings. The maximum Gasteiger partial charge on any atom is 0.212 e. The zero-order valence-electron chi connectivity index (χ0n) is 64.1. The fourth-order valence-corrected chi connectivity index (χ4v) is 10.1. The highest BCUT2D eigenvalue weighted by Crippen LogP contribution is 2.28. The van der Waals surface area contributed by atoms with Crippen LogP contribution < -0.4 is 22.8 Å². The van der Waals surface area contributed by atoms with Gasteiger partial charge in [-0.1, -0.05) is 119 Å². The third-order valence-corrected chi connectivity index (χ3v) is 14.8. The number of pyridine rings is 5. The molecule has 10 rings (SSSR count). The van der Waals surface area contributed by atoms with Gasteiger partial charge < -0.3 is 0 Å². The topological polar surface area (TPSA) is 19.4 Å². The van der Waals surface area contributed by atoms with E-state index in [1.165, 1.54) is 65.5 Å². The Kier molecular flexibility index (Phi) is 17.6. The van der Waals surface area contributed by atoms with Gasteiger partial charge in [-0.25, -0.2) is 22.8 Å². The summed E-state index contributed by atoms with van der Waals surface area (Å²) in [5, 5.41) is 0. The van der Waals surface area contributed by atoms with Gasteiger partial charge in [-0.05, 0) is 179 Å². The first kappa shape index (κ1) is 48.4. The second kappa shape index (κ2) is 30.2. The Balaban J connectivity index is 0.000000190. The van der Waals surface area contributed by atoms with Crippen molar-refractivity contribution < 1.29 is 39.3 Å². The number of benzene rings is 5.